The second-order valence-corrected chi connectivity index (χ2v) is 6.31. The Morgan fingerprint density at radius 1 is 1.10 bits per heavy atom. The Morgan fingerprint density at radius 2 is 1.73 bits per heavy atom. The number of hydrogen-bond acceptors (Lipinski definition) is 8. The molecule has 2 aromatic rings. The molecule has 9 heteroatoms. The zero-order valence-corrected chi connectivity index (χ0v) is 17.5. The summed E-state index contributed by atoms with van der Waals surface area (Å²) in [5.41, 5.74) is 3.83. The van der Waals surface area contributed by atoms with Gasteiger partial charge in [-0.3, -0.25) is 15.2 Å². The molecule has 0 bridgehead atoms. The molecule has 0 aliphatic heterocycles. The summed E-state index contributed by atoms with van der Waals surface area (Å²) in [4.78, 5) is 36.9. The average molecular weight is 414 g/mol. The van der Waals surface area contributed by atoms with Crippen molar-refractivity contribution in [3.8, 4) is 0 Å². The van der Waals surface area contributed by atoms with Gasteiger partial charge >= 0.3 is 11.9 Å². The van der Waals surface area contributed by atoms with Gasteiger partial charge < -0.3 is 9.47 Å². The van der Waals surface area contributed by atoms with Gasteiger partial charge in [0.2, 0.25) is 0 Å². The van der Waals surface area contributed by atoms with Crippen LogP contribution in [0.25, 0.3) is 0 Å². The topological polar surface area (TPSA) is 103 Å². The maximum absolute atomic E-state index is 12.5. The van der Waals surface area contributed by atoms with Crippen molar-refractivity contribution in [2.45, 2.75) is 27.3 Å². The van der Waals surface area contributed by atoms with Crippen LogP contribution in [0.2, 0.25) is 0 Å². The van der Waals surface area contributed by atoms with Gasteiger partial charge in [0.25, 0.3) is 5.56 Å². The number of nitrogens with zero attached hydrogens (tertiary/aromatic N) is 3. The number of hydrazine groups is 1. The number of benzene rings is 1. The van der Waals surface area contributed by atoms with Crippen molar-refractivity contribution in [2.75, 3.05) is 25.3 Å². The van der Waals surface area contributed by atoms with Crippen LogP contribution >= 0.6 is 0 Å². The Labute approximate surface area is 174 Å². The number of nitrogens with one attached hydrogen (secondary N) is 1. The molecule has 0 unspecified atom stereocenters. The number of rotatable bonds is 9. The standard InChI is InChI=1S/C21H26N4O5/c1-5-29-20(27)15(3)19(21(28)30-6-2)23-24(4)17-12-18(26)25(22-13-17)14-16-10-8-7-9-11-16/h7-13,23H,5-6,14H2,1-4H3/b19-15+. The molecule has 0 aliphatic rings. The van der Waals surface area contributed by atoms with Crippen molar-refractivity contribution in [3.05, 3.63) is 69.8 Å². The maximum atomic E-state index is 12.5. The monoisotopic (exact) mass is 414 g/mol. The van der Waals surface area contributed by atoms with E-state index >= 15 is 0 Å². The van der Waals surface area contributed by atoms with Gasteiger partial charge in [0, 0.05) is 13.1 Å². The van der Waals surface area contributed by atoms with E-state index in [-0.39, 0.29) is 30.0 Å². The highest BCUT2D eigenvalue weighted by molar-refractivity contribution is 5.99. The van der Waals surface area contributed by atoms with Crippen LogP contribution in [0.4, 0.5) is 5.69 Å². The molecule has 1 N–H and O–H groups in total. The minimum atomic E-state index is -0.708. The molecule has 0 amide bonds. The summed E-state index contributed by atoms with van der Waals surface area (Å²) in [5.74, 6) is -1.35. The van der Waals surface area contributed by atoms with Gasteiger partial charge in [0.05, 0.1) is 37.2 Å². The van der Waals surface area contributed by atoms with Crippen LogP contribution in [0, 0.1) is 0 Å². The lowest BCUT2D eigenvalue weighted by Gasteiger charge is -2.23. The second kappa shape index (κ2) is 10.8. The highest BCUT2D eigenvalue weighted by Gasteiger charge is 2.21. The predicted molar refractivity (Wildman–Crippen MR) is 112 cm³/mol. The molecule has 1 aromatic carbocycles. The van der Waals surface area contributed by atoms with Crippen molar-refractivity contribution in [1.29, 1.82) is 0 Å². The van der Waals surface area contributed by atoms with E-state index in [2.05, 4.69) is 10.5 Å². The van der Waals surface area contributed by atoms with Crippen LogP contribution in [0.1, 0.15) is 26.3 Å². The highest BCUT2D eigenvalue weighted by Crippen LogP contribution is 2.11. The minimum Gasteiger partial charge on any atom is -0.463 e. The van der Waals surface area contributed by atoms with Crippen LogP contribution in [0.3, 0.4) is 0 Å². The van der Waals surface area contributed by atoms with Crippen LogP contribution < -0.4 is 16.0 Å². The summed E-state index contributed by atoms with van der Waals surface area (Å²) in [5, 5.41) is 5.60. The van der Waals surface area contributed by atoms with E-state index in [0.29, 0.717) is 12.2 Å². The van der Waals surface area contributed by atoms with E-state index in [4.69, 9.17) is 9.47 Å². The van der Waals surface area contributed by atoms with E-state index < -0.39 is 11.9 Å². The number of carbonyl (C=O) groups is 2. The van der Waals surface area contributed by atoms with Crippen molar-refractivity contribution in [3.63, 3.8) is 0 Å². The average Bonchev–Trinajstić information content (AvgIpc) is 2.73. The molecule has 0 aliphatic carbocycles. The Kier molecular flexibility index (Phi) is 8.16. The zero-order valence-electron chi connectivity index (χ0n) is 17.5. The molecule has 0 spiro atoms. The summed E-state index contributed by atoms with van der Waals surface area (Å²) in [7, 11) is 1.59. The van der Waals surface area contributed by atoms with Gasteiger partial charge in [-0.2, -0.15) is 5.10 Å². The first-order valence-electron chi connectivity index (χ1n) is 9.53. The smallest absolute Gasteiger partial charge is 0.356 e. The van der Waals surface area contributed by atoms with Crippen molar-refractivity contribution >= 4 is 17.6 Å². The fraction of sp³-hybridized carbons (Fsp3) is 0.333. The predicted octanol–water partition coefficient (Wildman–Crippen LogP) is 1.63. The van der Waals surface area contributed by atoms with Gasteiger partial charge in [-0.05, 0) is 26.3 Å². The lowest BCUT2D eigenvalue weighted by molar-refractivity contribution is -0.142. The van der Waals surface area contributed by atoms with Crippen LogP contribution in [0.15, 0.2) is 58.7 Å². The molecule has 160 valence electrons. The van der Waals surface area contributed by atoms with Gasteiger partial charge in [0.15, 0.2) is 5.70 Å². The Morgan fingerprint density at radius 3 is 2.33 bits per heavy atom. The third-order valence-electron chi connectivity index (χ3n) is 4.13. The lowest BCUT2D eigenvalue weighted by Crippen LogP contribution is -2.39. The molecule has 9 nitrogen and oxygen atoms in total. The fourth-order valence-corrected chi connectivity index (χ4v) is 2.54. The van der Waals surface area contributed by atoms with E-state index in [9.17, 15) is 14.4 Å². The maximum Gasteiger partial charge on any atom is 0.356 e. The number of anilines is 1. The minimum absolute atomic E-state index is 0.0625. The Hall–Kier alpha value is -3.62. The lowest BCUT2D eigenvalue weighted by atomic mass is 10.2. The van der Waals surface area contributed by atoms with Crippen molar-refractivity contribution in [1.82, 2.24) is 15.2 Å². The van der Waals surface area contributed by atoms with E-state index in [0.717, 1.165) is 5.56 Å². The molecule has 1 heterocycles. The SMILES string of the molecule is CCOC(=O)/C(C)=C(/NN(C)c1cnn(Cc2ccccc2)c(=O)c1)C(=O)OCC. The van der Waals surface area contributed by atoms with Gasteiger partial charge in [0.1, 0.15) is 0 Å². The third-order valence-corrected chi connectivity index (χ3v) is 4.13. The van der Waals surface area contributed by atoms with Gasteiger partial charge in [-0.25, -0.2) is 14.3 Å². The van der Waals surface area contributed by atoms with Crippen molar-refractivity contribution in [2.24, 2.45) is 0 Å². The largest absolute Gasteiger partial charge is 0.463 e. The number of ether oxygens (including phenoxy) is 2. The molecule has 2 rings (SSSR count). The molecular formula is C21H26N4O5. The fourth-order valence-electron chi connectivity index (χ4n) is 2.54. The first-order valence-corrected chi connectivity index (χ1v) is 9.53. The first kappa shape index (κ1) is 22.7. The summed E-state index contributed by atoms with van der Waals surface area (Å²) >= 11 is 0. The summed E-state index contributed by atoms with van der Waals surface area (Å²) < 4.78 is 11.3. The molecule has 1 aromatic heterocycles. The first-order chi connectivity index (χ1) is 14.4. The number of esters is 2. The highest BCUT2D eigenvalue weighted by atomic mass is 16.5. The number of hydrogen-bond donors (Lipinski definition) is 1. The van der Waals surface area contributed by atoms with Crippen LogP contribution in [0.5, 0.6) is 0 Å². The molecule has 0 saturated heterocycles. The zero-order chi connectivity index (χ0) is 22.1. The molecule has 0 fully saturated rings. The van der Waals surface area contributed by atoms with E-state index in [1.165, 1.54) is 28.9 Å². The number of carbonyl (C=O) groups excluding carboxylic acids is 2. The normalized spacial score (nSPS) is 11.3. The molecule has 0 atom stereocenters. The third kappa shape index (κ3) is 5.94. The summed E-state index contributed by atoms with van der Waals surface area (Å²) in [6.45, 7) is 5.45. The second-order valence-electron chi connectivity index (χ2n) is 6.31. The quantitative estimate of drug-likeness (QED) is 0.375. The van der Waals surface area contributed by atoms with Crippen molar-refractivity contribution < 1.29 is 19.1 Å². The molecule has 0 saturated carbocycles. The van der Waals surface area contributed by atoms with Gasteiger partial charge in [-0.15, -0.1) is 0 Å². The van der Waals surface area contributed by atoms with E-state index in [1.807, 2.05) is 30.3 Å². The van der Waals surface area contributed by atoms with Crippen LogP contribution in [-0.4, -0.2) is 42.0 Å². The van der Waals surface area contributed by atoms with Crippen LogP contribution in [-0.2, 0) is 25.6 Å². The molecular weight excluding hydrogens is 388 g/mol. The summed E-state index contributed by atoms with van der Waals surface area (Å²) in [6, 6.07) is 10.9. The molecule has 30 heavy (non-hydrogen) atoms. The van der Waals surface area contributed by atoms with Gasteiger partial charge in [-0.1, -0.05) is 30.3 Å². The Balaban J connectivity index is 2.24. The van der Waals surface area contributed by atoms with E-state index in [1.54, 1.807) is 20.9 Å². The molecule has 0 radical (unpaired) electrons. The Bertz CT molecular complexity index is 969. The number of aromatic nitrogens is 2. The summed E-state index contributed by atoms with van der Waals surface area (Å²) in [6.07, 6.45) is 1.49.